The van der Waals surface area contributed by atoms with Gasteiger partial charge in [-0.25, -0.2) is 9.97 Å². The molecular weight excluding hydrogens is 426 g/mol. The Kier molecular flexibility index (Phi) is 5.10. The van der Waals surface area contributed by atoms with Gasteiger partial charge in [0.1, 0.15) is 5.82 Å². The van der Waals surface area contributed by atoms with Crippen molar-refractivity contribution in [1.82, 2.24) is 29.8 Å². The van der Waals surface area contributed by atoms with Crippen LogP contribution in [0.5, 0.6) is 0 Å². The van der Waals surface area contributed by atoms with Gasteiger partial charge in [0.25, 0.3) is 0 Å². The standard InChI is InChI=1S/C26H27N7O/c1-32-17-28-14-23(32)22-9-19-8-21(30-12-20(19)13-31-22)11-24(34)18-2-5-29-25(10-18)33-15-26(16-33)3-6-27-7-4-26/h2,5,8-10,12-14,17,27H,3-4,6-7,11,15-16H2,1H3. The van der Waals surface area contributed by atoms with Crippen LogP contribution in [0.1, 0.15) is 28.9 Å². The second-order valence-corrected chi connectivity index (χ2v) is 9.59. The maximum Gasteiger partial charge on any atom is 0.169 e. The van der Waals surface area contributed by atoms with E-state index < -0.39 is 0 Å². The van der Waals surface area contributed by atoms with Crippen molar-refractivity contribution in [2.24, 2.45) is 12.5 Å². The fraction of sp³-hybridized carbons (Fsp3) is 0.346. The molecule has 0 aromatic carbocycles. The summed E-state index contributed by atoms with van der Waals surface area (Å²) < 4.78 is 1.94. The van der Waals surface area contributed by atoms with Crippen LogP contribution < -0.4 is 10.2 Å². The van der Waals surface area contributed by atoms with Crippen molar-refractivity contribution in [2.45, 2.75) is 19.3 Å². The summed E-state index contributed by atoms with van der Waals surface area (Å²) in [5, 5.41) is 5.39. The van der Waals surface area contributed by atoms with Gasteiger partial charge in [0.15, 0.2) is 5.78 Å². The van der Waals surface area contributed by atoms with Crippen LogP contribution in [-0.2, 0) is 13.5 Å². The molecule has 8 nitrogen and oxygen atoms in total. The highest BCUT2D eigenvalue weighted by Crippen LogP contribution is 2.40. The van der Waals surface area contributed by atoms with Crippen LogP contribution in [0.3, 0.4) is 0 Å². The summed E-state index contributed by atoms with van der Waals surface area (Å²) in [7, 11) is 1.94. The van der Waals surface area contributed by atoms with Crippen molar-refractivity contribution in [3.05, 3.63) is 66.6 Å². The Bertz CT molecular complexity index is 1360. The molecule has 0 amide bonds. The molecule has 172 valence electrons. The molecule has 2 fully saturated rings. The molecule has 4 aromatic heterocycles. The molecule has 0 saturated carbocycles. The van der Waals surface area contributed by atoms with Crippen LogP contribution in [0, 0.1) is 5.41 Å². The Morgan fingerprint density at radius 3 is 2.65 bits per heavy atom. The highest BCUT2D eigenvalue weighted by molar-refractivity contribution is 5.98. The number of aromatic nitrogens is 5. The Morgan fingerprint density at radius 2 is 1.85 bits per heavy atom. The number of nitrogens with one attached hydrogen (secondary N) is 1. The number of rotatable bonds is 5. The van der Waals surface area contributed by atoms with Crippen molar-refractivity contribution in [3.8, 4) is 11.4 Å². The zero-order chi connectivity index (χ0) is 23.1. The number of fused-ring (bicyclic) bond motifs is 1. The van der Waals surface area contributed by atoms with Gasteiger partial charge in [-0.3, -0.25) is 14.8 Å². The molecule has 0 unspecified atom stereocenters. The molecule has 4 aromatic rings. The predicted molar refractivity (Wildman–Crippen MR) is 131 cm³/mol. The quantitative estimate of drug-likeness (QED) is 0.465. The highest BCUT2D eigenvalue weighted by Gasteiger charge is 2.43. The van der Waals surface area contributed by atoms with E-state index in [-0.39, 0.29) is 12.2 Å². The Morgan fingerprint density at radius 1 is 1.03 bits per heavy atom. The number of nitrogens with zero attached hydrogens (tertiary/aromatic N) is 6. The van der Waals surface area contributed by atoms with Crippen LogP contribution in [0.15, 0.2) is 55.4 Å². The van der Waals surface area contributed by atoms with E-state index in [0.29, 0.717) is 11.0 Å². The Hall–Kier alpha value is -3.65. The minimum atomic E-state index is 0.0496. The Labute approximate surface area is 198 Å². The van der Waals surface area contributed by atoms with E-state index >= 15 is 0 Å². The average Bonchev–Trinajstić information content (AvgIpc) is 3.28. The fourth-order valence-electron chi connectivity index (χ4n) is 5.15. The number of piperidine rings is 1. The number of Topliss-reactive ketones (excluding diaryl/α,β-unsaturated/α-hetero) is 1. The molecule has 34 heavy (non-hydrogen) atoms. The molecule has 2 aliphatic heterocycles. The Balaban J connectivity index is 1.19. The third kappa shape index (κ3) is 3.84. The van der Waals surface area contributed by atoms with E-state index in [1.54, 1.807) is 31.0 Å². The lowest BCUT2D eigenvalue weighted by Gasteiger charge is -2.53. The SMILES string of the molecule is Cn1cncc1-c1cc2cc(CC(=O)c3ccnc(N4CC5(CCNCC5)C4)c3)ncc2cn1. The molecule has 0 aliphatic carbocycles. The first-order valence-corrected chi connectivity index (χ1v) is 11.7. The van der Waals surface area contributed by atoms with Crippen LogP contribution in [0.2, 0.25) is 0 Å². The maximum absolute atomic E-state index is 13.1. The minimum Gasteiger partial charge on any atom is -0.355 e. The van der Waals surface area contributed by atoms with Crippen LogP contribution in [0.25, 0.3) is 22.2 Å². The van der Waals surface area contributed by atoms with E-state index in [1.165, 1.54) is 12.8 Å². The van der Waals surface area contributed by atoms with E-state index in [0.717, 1.165) is 59.9 Å². The third-order valence-corrected chi connectivity index (χ3v) is 7.19. The predicted octanol–water partition coefficient (Wildman–Crippen LogP) is 3.04. The summed E-state index contributed by atoms with van der Waals surface area (Å²) in [6.45, 7) is 4.24. The number of pyridine rings is 3. The number of anilines is 1. The van der Waals surface area contributed by atoms with Gasteiger partial charge >= 0.3 is 0 Å². The number of imidazole rings is 1. The third-order valence-electron chi connectivity index (χ3n) is 7.19. The first-order chi connectivity index (χ1) is 16.6. The second-order valence-electron chi connectivity index (χ2n) is 9.59. The molecule has 6 heterocycles. The van der Waals surface area contributed by atoms with Gasteiger partial charge in [-0.2, -0.15) is 0 Å². The van der Waals surface area contributed by atoms with Gasteiger partial charge in [-0.1, -0.05) is 0 Å². The normalized spacial score (nSPS) is 17.1. The van der Waals surface area contributed by atoms with Crippen LogP contribution in [-0.4, -0.2) is 56.5 Å². The lowest BCUT2D eigenvalue weighted by molar-refractivity contribution is 0.0992. The smallest absolute Gasteiger partial charge is 0.169 e. The molecule has 2 aliphatic rings. The molecule has 0 radical (unpaired) electrons. The van der Waals surface area contributed by atoms with Gasteiger partial charge in [0.2, 0.25) is 0 Å². The van der Waals surface area contributed by atoms with Gasteiger partial charge in [-0.15, -0.1) is 0 Å². The van der Waals surface area contributed by atoms with Crippen molar-refractivity contribution in [3.63, 3.8) is 0 Å². The summed E-state index contributed by atoms with van der Waals surface area (Å²) in [5.74, 6) is 0.946. The lowest BCUT2D eigenvalue weighted by Crippen LogP contribution is -2.60. The maximum atomic E-state index is 13.1. The van der Waals surface area contributed by atoms with E-state index in [9.17, 15) is 4.79 Å². The number of hydrogen-bond acceptors (Lipinski definition) is 7. The van der Waals surface area contributed by atoms with Crippen LogP contribution in [0.4, 0.5) is 5.82 Å². The molecule has 1 N–H and O–H groups in total. The zero-order valence-corrected chi connectivity index (χ0v) is 19.2. The van der Waals surface area contributed by atoms with E-state index in [4.69, 9.17) is 0 Å². The lowest BCUT2D eigenvalue weighted by atomic mass is 9.72. The number of carbonyl (C=O) groups is 1. The largest absolute Gasteiger partial charge is 0.355 e. The summed E-state index contributed by atoms with van der Waals surface area (Å²) in [6, 6.07) is 7.74. The van der Waals surface area contributed by atoms with E-state index in [2.05, 4.69) is 30.2 Å². The molecule has 0 bridgehead atoms. The number of aryl methyl sites for hydroxylation is 1. The summed E-state index contributed by atoms with van der Waals surface area (Å²) in [6.07, 6.45) is 11.6. The topological polar surface area (TPSA) is 88.8 Å². The van der Waals surface area contributed by atoms with Crippen molar-refractivity contribution >= 4 is 22.4 Å². The highest BCUT2D eigenvalue weighted by atomic mass is 16.1. The molecule has 1 spiro atoms. The zero-order valence-electron chi connectivity index (χ0n) is 19.2. The van der Waals surface area contributed by atoms with Gasteiger partial charge in [0.05, 0.1) is 30.3 Å². The first-order valence-electron chi connectivity index (χ1n) is 11.7. The molecule has 0 atom stereocenters. The second kappa shape index (κ2) is 8.29. The van der Waals surface area contributed by atoms with Gasteiger partial charge in [-0.05, 0) is 55.6 Å². The minimum absolute atomic E-state index is 0.0496. The molecule has 6 rings (SSSR count). The number of carbonyl (C=O) groups excluding carboxylic acids is 1. The summed E-state index contributed by atoms with van der Waals surface area (Å²) >= 11 is 0. The number of hydrogen-bond donors (Lipinski definition) is 1. The summed E-state index contributed by atoms with van der Waals surface area (Å²) in [5.41, 5.74) is 3.64. The first kappa shape index (κ1) is 20.9. The molecule has 8 heteroatoms. The van der Waals surface area contributed by atoms with Crippen LogP contribution >= 0.6 is 0 Å². The van der Waals surface area contributed by atoms with Gasteiger partial charge in [0, 0.05) is 60.8 Å². The monoisotopic (exact) mass is 453 g/mol. The summed E-state index contributed by atoms with van der Waals surface area (Å²) in [4.78, 5) is 33.2. The van der Waals surface area contributed by atoms with E-state index in [1.807, 2.05) is 36.0 Å². The van der Waals surface area contributed by atoms with Gasteiger partial charge < -0.3 is 14.8 Å². The van der Waals surface area contributed by atoms with Crippen molar-refractivity contribution in [1.29, 1.82) is 0 Å². The molecular formula is C26H27N7O. The van der Waals surface area contributed by atoms with Crippen molar-refractivity contribution < 1.29 is 4.79 Å². The molecule has 2 saturated heterocycles. The van der Waals surface area contributed by atoms with Crippen molar-refractivity contribution in [2.75, 3.05) is 31.1 Å². The number of ketones is 1. The average molecular weight is 454 g/mol. The fourth-order valence-corrected chi connectivity index (χ4v) is 5.15.